The number of rotatable bonds is 1. The van der Waals surface area contributed by atoms with Gasteiger partial charge >= 0.3 is 0 Å². The number of phenolic OH excluding ortho intramolecular Hbond substituents is 1. The van der Waals surface area contributed by atoms with Crippen molar-refractivity contribution in [3.8, 4) is 5.75 Å². The Kier molecular flexibility index (Phi) is 4.64. The fraction of sp³-hybridized carbons (Fsp3) is 0.500. The van der Waals surface area contributed by atoms with E-state index in [0.29, 0.717) is 10.0 Å². The van der Waals surface area contributed by atoms with Gasteiger partial charge in [0.05, 0.1) is 4.47 Å². The summed E-state index contributed by atoms with van der Waals surface area (Å²) in [6, 6.07) is 5.00. The van der Waals surface area contributed by atoms with Crippen molar-refractivity contribution in [2.45, 2.75) is 32.1 Å². The van der Waals surface area contributed by atoms with Gasteiger partial charge in [-0.1, -0.05) is 19.3 Å². The Morgan fingerprint density at radius 2 is 1.72 bits per heavy atom. The normalized spacial score (nSPS) is 17.1. The highest BCUT2D eigenvalue weighted by molar-refractivity contribution is 9.10. The van der Waals surface area contributed by atoms with Crippen LogP contribution < -0.4 is 0 Å². The number of hydrogen-bond acceptors (Lipinski definition) is 2. The molecule has 3 nitrogen and oxygen atoms in total. The van der Waals surface area contributed by atoms with Crippen LogP contribution in [-0.4, -0.2) is 29.0 Å². The number of benzene rings is 1. The number of aromatic hydroxyl groups is 1. The van der Waals surface area contributed by atoms with E-state index in [1.165, 1.54) is 25.3 Å². The molecule has 2 rings (SSSR count). The number of halogens is 1. The highest BCUT2D eigenvalue weighted by atomic mass is 79.9. The molecular formula is C14H18BrNO2. The number of likely N-dealkylation sites (tertiary alicyclic amines) is 1. The molecule has 1 amide bonds. The number of amides is 1. The van der Waals surface area contributed by atoms with Gasteiger partial charge in [0.1, 0.15) is 5.75 Å². The van der Waals surface area contributed by atoms with Crippen LogP contribution in [-0.2, 0) is 0 Å². The van der Waals surface area contributed by atoms with Crippen LogP contribution in [0, 0.1) is 0 Å². The van der Waals surface area contributed by atoms with Crippen molar-refractivity contribution in [2.75, 3.05) is 13.1 Å². The van der Waals surface area contributed by atoms with Crippen LogP contribution in [0.15, 0.2) is 22.7 Å². The van der Waals surface area contributed by atoms with Crippen LogP contribution in [0.3, 0.4) is 0 Å². The van der Waals surface area contributed by atoms with Crippen molar-refractivity contribution >= 4 is 21.8 Å². The van der Waals surface area contributed by atoms with E-state index in [-0.39, 0.29) is 11.7 Å². The maximum absolute atomic E-state index is 12.3. The van der Waals surface area contributed by atoms with E-state index in [1.54, 1.807) is 12.1 Å². The average molecular weight is 312 g/mol. The standard InChI is InChI=1S/C14H18BrNO2/c15-12-7-6-11(10-13(12)17)14(18)16-8-4-2-1-3-5-9-16/h6-7,10,17H,1-5,8-9H2. The lowest BCUT2D eigenvalue weighted by Crippen LogP contribution is -2.33. The lowest BCUT2D eigenvalue weighted by atomic mass is 10.1. The molecule has 1 aliphatic heterocycles. The van der Waals surface area contributed by atoms with Crippen LogP contribution in [0.2, 0.25) is 0 Å². The molecule has 1 heterocycles. The zero-order valence-corrected chi connectivity index (χ0v) is 11.9. The summed E-state index contributed by atoms with van der Waals surface area (Å²) in [7, 11) is 0. The smallest absolute Gasteiger partial charge is 0.253 e. The molecule has 0 bridgehead atoms. The Hall–Kier alpha value is -1.03. The Morgan fingerprint density at radius 3 is 2.33 bits per heavy atom. The fourth-order valence-electron chi connectivity index (χ4n) is 2.28. The summed E-state index contributed by atoms with van der Waals surface area (Å²) < 4.78 is 0.617. The van der Waals surface area contributed by atoms with Crippen LogP contribution in [0.4, 0.5) is 0 Å². The molecule has 1 aliphatic rings. The summed E-state index contributed by atoms with van der Waals surface area (Å²) in [5.41, 5.74) is 0.566. The molecule has 0 spiro atoms. The molecule has 0 saturated carbocycles. The largest absolute Gasteiger partial charge is 0.507 e. The maximum Gasteiger partial charge on any atom is 0.253 e. The van der Waals surface area contributed by atoms with Crippen molar-refractivity contribution in [2.24, 2.45) is 0 Å². The predicted molar refractivity (Wildman–Crippen MR) is 74.8 cm³/mol. The second kappa shape index (κ2) is 6.23. The minimum atomic E-state index is 0.0275. The first-order valence-corrected chi connectivity index (χ1v) is 7.25. The summed E-state index contributed by atoms with van der Waals surface area (Å²) in [5.74, 6) is 0.146. The molecule has 1 aromatic carbocycles. The van der Waals surface area contributed by atoms with Crippen molar-refractivity contribution < 1.29 is 9.90 Å². The van der Waals surface area contributed by atoms with Gasteiger partial charge in [-0.15, -0.1) is 0 Å². The maximum atomic E-state index is 12.3. The van der Waals surface area contributed by atoms with E-state index < -0.39 is 0 Å². The van der Waals surface area contributed by atoms with E-state index in [2.05, 4.69) is 15.9 Å². The Bertz CT molecular complexity index is 426. The number of nitrogens with zero attached hydrogens (tertiary/aromatic N) is 1. The topological polar surface area (TPSA) is 40.5 Å². The molecule has 0 radical (unpaired) electrons. The molecule has 0 aromatic heterocycles. The number of phenols is 1. The Labute approximate surface area is 116 Å². The third-order valence-corrected chi connectivity index (χ3v) is 4.01. The van der Waals surface area contributed by atoms with Gasteiger partial charge in [0.25, 0.3) is 5.91 Å². The van der Waals surface area contributed by atoms with Gasteiger partial charge in [0.15, 0.2) is 0 Å². The minimum Gasteiger partial charge on any atom is -0.507 e. The van der Waals surface area contributed by atoms with E-state index in [4.69, 9.17) is 0 Å². The molecule has 98 valence electrons. The monoisotopic (exact) mass is 311 g/mol. The van der Waals surface area contributed by atoms with Crippen molar-refractivity contribution in [3.63, 3.8) is 0 Å². The molecule has 0 atom stereocenters. The van der Waals surface area contributed by atoms with Gasteiger partial charge in [-0.3, -0.25) is 4.79 Å². The summed E-state index contributed by atoms with van der Waals surface area (Å²) in [6.45, 7) is 1.66. The van der Waals surface area contributed by atoms with Crippen LogP contribution >= 0.6 is 15.9 Å². The number of hydrogen-bond donors (Lipinski definition) is 1. The average Bonchev–Trinajstić information content (AvgIpc) is 2.31. The quantitative estimate of drug-likeness (QED) is 0.861. The van der Waals surface area contributed by atoms with Crippen LogP contribution in [0.1, 0.15) is 42.5 Å². The fourth-order valence-corrected chi connectivity index (χ4v) is 2.53. The lowest BCUT2D eigenvalue weighted by molar-refractivity contribution is 0.0742. The van der Waals surface area contributed by atoms with Gasteiger partial charge in [-0.25, -0.2) is 0 Å². The highest BCUT2D eigenvalue weighted by Crippen LogP contribution is 2.25. The Morgan fingerprint density at radius 1 is 1.11 bits per heavy atom. The molecule has 0 unspecified atom stereocenters. The number of carbonyl (C=O) groups is 1. The molecule has 4 heteroatoms. The summed E-state index contributed by atoms with van der Waals surface area (Å²) in [5, 5.41) is 9.63. The number of carbonyl (C=O) groups excluding carboxylic acids is 1. The van der Waals surface area contributed by atoms with Crippen LogP contribution in [0.5, 0.6) is 5.75 Å². The molecular weight excluding hydrogens is 294 g/mol. The van der Waals surface area contributed by atoms with E-state index in [1.807, 2.05) is 4.90 Å². The van der Waals surface area contributed by atoms with Gasteiger partial charge in [-0.05, 0) is 47.0 Å². The lowest BCUT2D eigenvalue weighted by Gasteiger charge is -2.25. The first kappa shape index (κ1) is 13.4. The Balaban J connectivity index is 2.10. The minimum absolute atomic E-state index is 0.0275. The summed E-state index contributed by atoms with van der Waals surface area (Å²) in [4.78, 5) is 14.2. The van der Waals surface area contributed by atoms with Crippen LogP contribution in [0.25, 0.3) is 0 Å². The second-order valence-electron chi connectivity index (χ2n) is 4.73. The molecule has 1 saturated heterocycles. The van der Waals surface area contributed by atoms with Crippen molar-refractivity contribution in [3.05, 3.63) is 28.2 Å². The molecule has 1 N–H and O–H groups in total. The van der Waals surface area contributed by atoms with E-state index in [9.17, 15) is 9.90 Å². The highest BCUT2D eigenvalue weighted by Gasteiger charge is 2.17. The molecule has 1 fully saturated rings. The molecule has 18 heavy (non-hydrogen) atoms. The van der Waals surface area contributed by atoms with Crippen molar-refractivity contribution in [1.82, 2.24) is 4.90 Å². The second-order valence-corrected chi connectivity index (χ2v) is 5.58. The van der Waals surface area contributed by atoms with E-state index in [0.717, 1.165) is 25.9 Å². The molecule has 1 aromatic rings. The predicted octanol–water partition coefficient (Wildman–Crippen LogP) is 3.56. The van der Waals surface area contributed by atoms with Gasteiger partial charge in [0, 0.05) is 18.7 Å². The van der Waals surface area contributed by atoms with Gasteiger partial charge in [0.2, 0.25) is 0 Å². The van der Waals surface area contributed by atoms with E-state index >= 15 is 0 Å². The molecule has 0 aliphatic carbocycles. The van der Waals surface area contributed by atoms with Gasteiger partial charge in [-0.2, -0.15) is 0 Å². The summed E-state index contributed by atoms with van der Waals surface area (Å²) >= 11 is 3.22. The first-order chi connectivity index (χ1) is 8.68. The SMILES string of the molecule is O=C(c1ccc(Br)c(O)c1)N1CCCCCCC1. The zero-order chi connectivity index (χ0) is 13.0. The van der Waals surface area contributed by atoms with Crippen molar-refractivity contribution in [1.29, 1.82) is 0 Å². The zero-order valence-electron chi connectivity index (χ0n) is 10.4. The third kappa shape index (κ3) is 3.25. The van der Waals surface area contributed by atoms with Gasteiger partial charge < -0.3 is 10.0 Å². The third-order valence-electron chi connectivity index (χ3n) is 3.34. The summed E-state index contributed by atoms with van der Waals surface area (Å²) in [6.07, 6.45) is 5.84. The first-order valence-electron chi connectivity index (χ1n) is 6.46.